The minimum absolute atomic E-state index is 0.199. The van der Waals surface area contributed by atoms with Crippen LogP contribution in [0.15, 0.2) is 0 Å². The van der Waals surface area contributed by atoms with Crippen LogP contribution in [-0.4, -0.2) is 38.1 Å². The molecule has 21 heavy (non-hydrogen) atoms. The highest BCUT2D eigenvalue weighted by Crippen LogP contribution is 2.34. The van der Waals surface area contributed by atoms with Crippen molar-refractivity contribution in [3.8, 4) is 0 Å². The zero-order valence-corrected chi connectivity index (χ0v) is 13.6. The molecule has 2 aliphatic rings. The largest absolute Gasteiger partial charge is 0.347 e. The molecule has 1 heterocycles. The number of ether oxygens (including phenoxy) is 2. The lowest BCUT2D eigenvalue weighted by Gasteiger charge is -2.29. The lowest BCUT2D eigenvalue weighted by atomic mass is 9.97. The van der Waals surface area contributed by atoms with E-state index < -0.39 is 0 Å². The van der Waals surface area contributed by atoms with Gasteiger partial charge in [0.25, 0.3) is 0 Å². The Labute approximate surface area is 130 Å². The Morgan fingerprint density at radius 2 is 1.48 bits per heavy atom. The topological polar surface area (TPSA) is 56.5 Å². The summed E-state index contributed by atoms with van der Waals surface area (Å²) in [6.07, 6.45) is 14.4. The molecular weight excluding hydrogens is 264 g/mol. The molecular formula is C17H34N2O2. The first-order valence-electron chi connectivity index (χ1n) is 9.07. The maximum Gasteiger partial charge on any atom is 0.168 e. The van der Waals surface area contributed by atoms with Crippen LogP contribution < -0.4 is 11.1 Å². The molecule has 3 N–H and O–H groups in total. The van der Waals surface area contributed by atoms with E-state index >= 15 is 0 Å². The number of hydrogen-bond donors (Lipinski definition) is 2. The summed E-state index contributed by atoms with van der Waals surface area (Å²) in [4.78, 5) is 0. The van der Waals surface area contributed by atoms with Crippen LogP contribution in [0.3, 0.4) is 0 Å². The Morgan fingerprint density at radius 1 is 0.905 bits per heavy atom. The molecule has 0 aromatic heterocycles. The molecule has 2 rings (SSSR count). The van der Waals surface area contributed by atoms with Gasteiger partial charge in [-0.3, -0.25) is 0 Å². The quantitative estimate of drug-likeness (QED) is 0.784. The van der Waals surface area contributed by atoms with Crippen LogP contribution in [0.4, 0.5) is 0 Å². The molecule has 0 bridgehead atoms. The monoisotopic (exact) mass is 298 g/mol. The Balaban J connectivity index is 1.79. The summed E-state index contributed by atoms with van der Waals surface area (Å²) >= 11 is 0. The van der Waals surface area contributed by atoms with E-state index in [9.17, 15) is 0 Å². The van der Waals surface area contributed by atoms with Gasteiger partial charge in [-0.05, 0) is 12.8 Å². The van der Waals surface area contributed by atoms with Gasteiger partial charge in [0, 0.05) is 32.5 Å². The van der Waals surface area contributed by atoms with E-state index in [1.807, 2.05) is 0 Å². The van der Waals surface area contributed by atoms with Crippen molar-refractivity contribution < 1.29 is 9.47 Å². The molecule has 1 aliphatic carbocycles. The van der Waals surface area contributed by atoms with E-state index in [0.717, 1.165) is 32.5 Å². The molecule has 0 amide bonds. The Kier molecular flexibility index (Phi) is 8.01. The van der Waals surface area contributed by atoms with Crippen molar-refractivity contribution in [1.82, 2.24) is 5.32 Å². The molecule has 1 saturated carbocycles. The van der Waals surface area contributed by atoms with Crippen LogP contribution in [0.5, 0.6) is 0 Å². The molecule has 1 atom stereocenters. The maximum atomic E-state index is 6.31. The molecule has 1 aliphatic heterocycles. The first kappa shape index (κ1) is 17.2. The fourth-order valence-corrected chi connectivity index (χ4v) is 3.50. The summed E-state index contributed by atoms with van der Waals surface area (Å²) in [5.41, 5.74) is 5.51. The van der Waals surface area contributed by atoms with Crippen LogP contribution in [0.2, 0.25) is 0 Å². The lowest BCUT2D eigenvalue weighted by Crippen LogP contribution is -2.35. The van der Waals surface area contributed by atoms with Crippen molar-refractivity contribution in [2.45, 2.75) is 82.5 Å². The fourth-order valence-electron chi connectivity index (χ4n) is 3.50. The van der Waals surface area contributed by atoms with E-state index in [-0.39, 0.29) is 11.9 Å². The summed E-state index contributed by atoms with van der Waals surface area (Å²) in [7, 11) is 0. The second kappa shape index (κ2) is 9.78. The first-order chi connectivity index (χ1) is 10.3. The molecule has 1 spiro atoms. The summed E-state index contributed by atoms with van der Waals surface area (Å²) in [6, 6.07) is 0. The van der Waals surface area contributed by atoms with Gasteiger partial charge in [-0.25, -0.2) is 0 Å². The molecule has 4 nitrogen and oxygen atoms in total. The summed E-state index contributed by atoms with van der Waals surface area (Å²) in [6.45, 7) is 3.13. The highest BCUT2D eigenvalue weighted by atomic mass is 16.7. The predicted molar refractivity (Wildman–Crippen MR) is 86.3 cm³/mol. The molecule has 0 radical (unpaired) electrons. The predicted octanol–water partition coefficient (Wildman–Crippen LogP) is 2.95. The number of nitrogens with two attached hydrogens (primary N) is 1. The Hall–Kier alpha value is -0.160. The molecule has 0 aromatic rings. The zero-order valence-electron chi connectivity index (χ0n) is 13.6. The summed E-state index contributed by atoms with van der Waals surface area (Å²) < 4.78 is 12.5. The summed E-state index contributed by atoms with van der Waals surface area (Å²) in [5, 5.41) is 3.34. The average molecular weight is 298 g/mol. The van der Waals surface area contributed by atoms with Gasteiger partial charge < -0.3 is 20.5 Å². The van der Waals surface area contributed by atoms with E-state index in [0.29, 0.717) is 6.54 Å². The van der Waals surface area contributed by atoms with Gasteiger partial charge in [0.1, 0.15) is 0 Å². The SMILES string of the molecule is NCCNCC1COC2(CCCCCCCCCCC2)O1. The van der Waals surface area contributed by atoms with Gasteiger partial charge in [0.15, 0.2) is 5.79 Å². The van der Waals surface area contributed by atoms with E-state index in [4.69, 9.17) is 15.2 Å². The molecule has 4 heteroatoms. The average Bonchev–Trinajstić information content (AvgIpc) is 2.87. The third-order valence-corrected chi connectivity index (χ3v) is 4.72. The van der Waals surface area contributed by atoms with Crippen molar-refractivity contribution in [3.05, 3.63) is 0 Å². The minimum atomic E-state index is -0.283. The van der Waals surface area contributed by atoms with E-state index in [2.05, 4.69) is 5.32 Å². The minimum Gasteiger partial charge on any atom is -0.347 e. The van der Waals surface area contributed by atoms with Gasteiger partial charge in [0.2, 0.25) is 0 Å². The van der Waals surface area contributed by atoms with Crippen LogP contribution in [0.1, 0.15) is 70.6 Å². The Bertz CT molecular complexity index is 262. The zero-order chi connectivity index (χ0) is 14.8. The van der Waals surface area contributed by atoms with Crippen molar-refractivity contribution in [1.29, 1.82) is 0 Å². The highest BCUT2D eigenvalue weighted by Gasteiger charge is 2.40. The van der Waals surface area contributed by atoms with Crippen LogP contribution in [0, 0.1) is 0 Å². The number of rotatable bonds is 4. The fraction of sp³-hybridized carbons (Fsp3) is 1.00. The van der Waals surface area contributed by atoms with Gasteiger partial charge >= 0.3 is 0 Å². The normalized spacial score (nSPS) is 28.1. The maximum absolute atomic E-state index is 6.31. The number of nitrogens with one attached hydrogen (secondary N) is 1. The van der Waals surface area contributed by atoms with Crippen LogP contribution in [0.25, 0.3) is 0 Å². The lowest BCUT2D eigenvalue weighted by molar-refractivity contribution is -0.179. The molecule has 1 saturated heterocycles. The molecule has 124 valence electrons. The second-order valence-electron chi connectivity index (χ2n) is 6.64. The summed E-state index contributed by atoms with van der Waals surface area (Å²) in [5.74, 6) is -0.283. The molecule has 0 aromatic carbocycles. The second-order valence-corrected chi connectivity index (χ2v) is 6.64. The van der Waals surface area contributed by atoms with Crippen molar-refractivity contribution >= 4 is 0 Å². The molecule has 1 unspecified atom stereocenters. The van der Waals surface area contributed by atoms with Crippen LogP contribution >= 0.6 is 0 Å². The highest BCUT2D eigenvalue weighted by molar-refractivity contribution is 4.81. The van der Waals surface area contributed by atoms with Crippen molar-refractivity contribution in [2.75, 3.05) is 26.2 Å². The van der Waals surface area contributed by atoms with Crippen molar-refractivity contribution in [2.24, 2.45) is 5.73 Å². The standard InChI is InChI=1S/C17H34N2O2/c18-12-13-19-14-16-15-20-17(21-16)10-8-6-4-2-1-3-5-7-9-11-17/h16,19H,1-15,18H2. The van der Waals surface area contributed by atoms with Gasteiger partial charge in [0.05, 0.1) is 12.7 Å². The Morgan fingerprint density at radius 3 is 2.05 bits per heavy atom. The van der Waals surface area contributed by atoms with Crippen molar-refractivity contribution in [3.63, 3.8) is 0 Å². The van der Waals surface area contributed by atoms with Crippen LogP contribution in [-0.2, 0) is 9.47 Å². The smallest absolute Gasteiger partial charge is 0.168 e. The number of hydrogen-bond acceptors (Lipinski definition) is 4. The van der Waals surface area contributed by atoms with E-state index in [1.54, 1.807) is 0 Å². The van der Waals surface area contributed by atoms with Gasteiger partial charge in [-0.1, -0.05) is 44.9 Å². The van der Waals surface area contributed by atoms with Gasteiger partial charge in [-0.2, -0.15) is 0 Å². The first-order valence-corrected chi connectivity index (χ1v) is 9.07. The third kappa shape index (κ3) is 6.23. The third-order valence-electron chi connectivity index (χ3n) is 4.72. The van der Waals surface area contributed by atoms with E-state index in [1.165, 1.54) is 57.8 Å². The molecule has 2 fully saturated rings. The van der Waals surface area contributed by atoms with Gasteiger partial charge in [-0.15, -0.1) is 0 Å².